The fourth-order valence-corrected chi connectivity index (χ4v) is 3.46. The van der Waals surface area contributed by atoms with Gasteiger partial charge in [-0.3, -0.25) is 10.5 Å². The summed E-state index contributed by atoms with van der Waals surface area (Å²) in [5.74, 6) is 0.192. The molecule has 2 rings (SSSR count). The van der Waals surface area contributed by atoms with E-state index in [1.807, 2.05) is 6.92 Å². The molecule has 0 bridgehead atoms. The lowest BCUT2D eigenvalue weighted by Crippen LogP contribution is -2.54. The number of carbonyl (C=O) groups excluding carboxylic acids is 1. The molecule has 1 aromatic heterocycles. The molecule has 0 fully saturated rings. The summed E-state index contributed by atoms with van der Waals surface area (Å²) >= 11 is 1.23. The molecule has 1 amide bonds. The van der Waals surface area contributed by atoms with Crippen LogP contribution < -0.4 is 21.4 Å². The summed E-state index contributed by atoms with van der Waals surface area (Å²) in [4.78, 5) is 28.7. The van der Waals surface area contributed by atoms with E-state index in [1.165, 1.54) is 30.2 Å². The summed E-state index contributed by atoms with van der Waals surface area (Å²) in [6, 6.07) is 2.12. The summed E-state index contributed by atoms with van der Waals surface area (Å²) < 4.78 is 10.4. The zero-order valence-corrected chi connectivity index (χ0v) is 15.9. The van der Waals surface area contributed by atoms with E-state index < -0.39 is 23.2 Å². The van der Waals surface area contributed by atoms with Crippen LogP contribution in [0.5, 0.6) is 5.75 Å². The van der Waals surface area contributed by atoms with Crippen LogP contribution in [0.15, 0.2) is 44.3 Å². The van der Waals surface area contributed by atoms with Crippen molar-refractivity contribution in [3.05, 3.63) is 41.2 Å². The SMILES string of the molecule is C=COc1cc([C@@H](CCC)NC(=O)[C@]2(N)CSC(/C(C)=N/O)=N2)oc(=O)c1. The monoisotopic (exact) mass is 394 g/mol. The molecule has 1 aliphatic rings. The van der Waals surface area contributed by atoms with Crippen LogP contribution in [0, 0.1) is 0 Å². The summed E-state index contributed by atoms with van der Waals surface area (Å²) in [6.07, 6.45) is 2.43. The highest BCUT2D eigenvalue weighted by Crippen LogP contribution is 2.27. The molecule has 2 heterocycles. The van der Waals surface area contributed by atoms with Gasteiger partial charge in [0, 0.05) is 11.8 Å². The Hall–Kier alpha value is -2.59. The molecule has 1 aliphatic heterocycles. The van der Waals surface area contributed by atoms with Crippen molar-refractivity contribution in [2.75, 3.05) is 5.75 Å². The van der Waals surface area contributed by atoms with Gasteiger partial charge in [-0.25, -0.2) is 9.79 Å². The molecule has 1 aromatic rings. The molecule has 0 aromatic carbocycles. The smallest absolute Gasteiger partial charge is 0.339 e. The van der Waals surface area contributed by atoms with Crippen LogP contribution in [0.2, 0.25) is 0 Å². The second-order valence-corrected chi connectivity index (χ2v) is 6.89. The Morgan fingerprint density at radius 1 is 1.67 bits per heavy atom. The Balaban J connectivity index is 2.26. The van der Waals surface area contributed by atoms with E-state index in [1.54, 1.807) is 6.92 Å². The Kier molecular flexibility index (Phi) is 6.81. The minimum absolute atomic E-state index is 0.198. The Morgan fingerprint density at radius 3 is 3.04 bits per heavy atom. The maximum Gasteiger partial charge on any atom is 0.339 e. The van der Waals surface area contributed by atoms with Gasteiger partial charge in [-0.1, -0.05) is 25.1 Å². The van der Waals surface area contributed by atoms with Crippen molar-refractivity contribution < 1.29 is 19.2 Å². The lowest BCUT2D eigenvalue weighted by Gasteiger charge is -2.23. The number of carbonyl (C=O) groups is 1. The lowest BCUT2D eigenvalue weighted by molar-refractivity contribution is -0.126. The normalized spacial score (nSPS) is 20.7. The van der Waals surface area contributed by atoms with Crippen LogP contribution in [0.25, 0.3) is 0 Å². The van der Waals surface area contributed by atoms with Gasteiger partial charge in [0.1, 0.15) is 22.3 Å². The number of ether oxygens (including phenoxy) is 1. The molecule has 0 spiro atoms. The quantitative estimate of drug-likeness (QED) is 0.264. The first-order chi connectivity index (χ1) is 12.8. The highest BCUT2D eigenvalue weighted by atomic mass is 32.2. The Bertz CT molecular complexity index is 835. The third-order valence-electron chi connectivity index (χ3n) is 3.79. The van der Waals surface area contributed by atoms with Crippen molar-refractivity contribution >= 4 is 28.4 Å². The van der Waals surface area contributed by atoms with Crippen LogP contribution >= 0.6 is 11.8 Å². The fraction of sp³-hybridized carbons (Fsp3) is 0.412. The number of aliphatic imine (C=N–C) groups is 1. The van der Waals surface area contributed by atoms with Crippen molar-refractivity contribution in [2.24, 2.45) is 15.9 Å². The first kappa shape index (κ1) is 20.7. The molecule has 10 heteroatoms. The van der Waals surface area contributed by atoms with Gasteiger partial charge in [0.15, 0.2) is 5.66 Å². The second-order valence-electron chi connectivity index (χ2n) is 5.93. The van der Waals surface area contributed by atoms with Crippen LogP contribution in [0.3, 0.4) is 0 Å². The molecule has 0 saturated heterocycles. The molecule has 4 N–H and O–H groups in total. The summed E-state index contributed by atoms with van der Waals surface area (Å²) in [5.41, 5.74) is 4.30. The van der Waals surface area contributed by atoms with Crippen molar-refractivity contribution in [3.63, 3.8) is 0 Å². The number of hydrogen-bond acceptors (Lipinski definition) is 9. The first-order valence-electron chi connectivity index (χ1n) is 8.27. The second kappa shape index (κ2) is 8.87. The molecular weight excluding hydrogens is 372 g/mol. The van der Waals surface area contributed by atoms with Crippen LogP contribution in [-0.2, 0) is 4.79 Å². The minimum atomic E-state index is -1.51. The number of hydrogen-bond donors (Lipinski definition) is 3. The Morgan fingerprint density at radius 2 is 2.41 bits per heavy atom. The number of nitrogens with one attached hydrogen (secondary N) is 1. The Labute approximate surface area is 160 Å². The van der Waals surface area contributed by atoms with Gasteiger partial charge < -0.3 is 19.7 Å². The average Bonchev–Trinajstić information content (AvgIpc) is 3.04. The number of nitrogens with two attached hydrogens (primary N) is 1. The van der Waals surface area contributed by atoms with Crippen molar-refractivity contribution in [2.45, 2.75) is 38.4 Å². The van der Waals surface area contributed by atoms with E-state index >= 15 is 0 Å². The molecule has 0 aliphatic carbocycles. The summed E-state index contributed by atoms with van der Waals surface area (Å²) in [6.45, 7) is 6.95. The fourth-order valence-electron chi connectivity index (χ4n) is 2.44. The number of oxime groups is 1. The largest absolute Gasteiger partial charge is 0.465 e. The highest BCUT2D eigenvalue weighted by molar-refractivity contribution is 8.16. The van der Waals surface area contributed by atoms with E-state index in [-0.39, 0.29) is 23.0 Å². The molecule has 27 heavy (non-hydrogen) atoms. The number of rotatable bonds is 8. The van der Waals surface area contributed by atoms with Crippen molar-refractivity contribution in [1.82, 2.24) is 5.32 Å². The number of amides is 1. The molecule has 9 nitrogen and oxygen atoms in total. The van der Waals surface area contributed by atoms with Gasteiger partial charge in [-0.2, -0.15) is 0 Å². The molecule has 0 radical (unpaired) electrons. The molecule has 2 atom stereocenters. The van der Waals surface area contributed by atoms with Crippen LogP contribution in [-0.4, -0.2) is 33.3 Å². The average molecular weight is 394 g/mol. The topological polar surface area (TPSA) is 140 Å². The molecular formula is C17H22N4O5S. The maximum atomic E-state index is 12.8. The first-order valence-corrected chi connectivity index (χ1v) is 9.25. The van der Waals surface area contributed by atoms with Crippen molar-refractivity contribution in [1.29, 1.82) is 0 Å². The van der Waals surface area contributed by atoms with Gasteiger partial charge in [-0.15, -0.1) is 11.8 Å². The predicted octanol–water partition coefficient (Wildman–Crippen LogP) is 1.77. The number of thioether (sulfide) groups is 1. The zero-order chi connectivity index (χ0) is 20.0. The van der Waals surface area contributed by atoms with Crippen LogP contribution in [0.1, 0.15) is 38.5 Å². The standard InChI is InChI=1S/C17H22N4O5S/c1-4-6-12(13-7-11(25-5-2)8-14(22)26-13)19-16(23)17(18)9-27-15(20-17)10(3)21-24/h5,7-8,12,24H,2,4,6,9,18H2,1,3H3,(H,19,23)/b21-10+/t12-,17+/m1/s1. The number of nitrogens with zero attached hydrogens (tertiary/aromatic N) is 2. The van der Waals surface area contributed by atoms with Crippen LogP contribution in [0.4, 0.5) is 0 Å². The van der Waals surface area contributed by atoms with Gasteiger partial charge in [-0.05, 0) is 13.3 Å². The maximum absolute atomic E-state index is 12.8. The lowest BCUT2D eigenvalue weighted by atomic mass is 10.1. The van der Waals surface area contributed by atoms with Gasteiger partial charge in [0.05, 0.1) is 18.4 Å². The molecule has 0 saturated carbocycles. The van der Waals surface area contributed by atoms with E-state index in [0.29, 0.717) is 11.5 Å². The van der Waals surface area contributed by atoms with Gasteiger partial charge >= 0.3 is 5.63 Å². The van der Waals surface area contributed by atoms with Gasteiger partial charge in [0.2, 0.25) is 0 Å². The minimum Gasteiger partial charge on any atom is -0.465 e. The van der Waals surface area contributed by atoms with E-state index in [9.17, 15) is 9.59 Å². The predicted molar refractivity (Wildman–Crippen MR) is 103 cm³/mol. The van der Waals surface area contributed by atoms with E-state index in [0.717, 1.165) is 6.42 Å². The third kappa shape index (κ3) is 4.98. The third-order valence-corrected chi connectivity index (χ3v) is 5.04. The van der Waals surface area contributed by atoms with Crippen molar-refractivity contribution in [3.8, 4) is 5.75 Å². The highest BCUT2D eigenvalue weighted by Gasteiger charge is 2.40. The molecule has 146 valence electrons. The van der Waals surface area contributed by atoms with Gasteiger partial charge in [0.25, 0.3) is 5.91 Å². The summed E-state index contributed by atoms with van der Waals surface area (Å²) in [7, 11) is 0. The summed E-state index contributed by atoms with van der Waals surface area (Å²) in [5, 5.41) is 15.1. The molecule has 0 unspecified atom stereocenters. The zero-order valence-electron chi connectivity index (χ0n) is 15.1. The van der Waals surface area contributed by atoms with E-state index in [2.05, 4.69) is 22.0 Å². The van der Waals surface area contributed by atoms with E-state index in [4.69, 9.17) is 20.1 Å².